The highest BCUT2D eigenvalue weighted by Crippen LogP contribution is 2.29. The maximum absolute atomic E-state index is 12.8. The second kappa shape index (κ2) is 9.71. The number of amides is 1. The van der Waals surface area contributed by atoms with Crippen molar-refractivity contribution in [2.75, 3.05) is 24.4 Å². The molecule has 3 aromatic rings. The minimum atomic E-state index is -3.88. The molecule has 0 aliphatic carbocycles. The maximum atomic E-state index is 12.8. The van der Waals surface area contributed by atoms with Crippen molar-refractivity contribution in [3.8, 4) is 11.5 Å². The van der Waals surface area contributed by atoms with Crippen molar-refractivity contribution in [1.29, 1.82) is 0 Å². The molecule has 1 fully saturated rings. The van der Waals surface area contributed by atoms with Crippen LogP contribution < -0.4 is 4.72 Å². The summed E-state index contributed by atoms with van der Waals surface area (Å²) in [5, 5.41) is 9.31. The highest BCUT2D eigenvalue weighted by Gasteiger charge is 2.25. The molecule has 0 radical (unpaired) electrons. The van der Waals surface area contributed by atoms with Crippen LogP contribution in [-0.2, 0) is 14.8 Å². The van der Waals surface area contributed by atoms with Gasteiger partial charge in [0, 0.05) is 24.2 Å². The lowest BCUT2D eigenvalue weighted by atomic mass is 10.1. The number of nitrogens with one attached hydrogen (secondary N) is 1. The van der Waals surface area contributed by atoms with E-state index in [-0.39, 0.29) is 28.5 Å². The van der Waals surface area contributed by atoms with Gasteiger partial charge in [0.1, 0.15) is 4.21 Å². The number of nitrogens with zero attached hydrogens (tertiary/aromatic N) is 3. The number of carbonyl (C=O) groups excluding carboxylic acids is 2. The number of ether oxygens (including phenoxy) is 1. The number of hydrogen-bond donors (Lipinski definition) is 1. The summed E-state index contributed by atoms with van der Waals surface area (Å²) in [6, 6.07) is 7.33. The normalized spacial score (nSPS) is 14.2. The SMILES string of the molecule is CCOC(=O)c1ccc(NS(=O)(=O)c2cc(-c3nnc(C(=O)N4CCCCC4)o3)cs2)cc1. The summed E-state index contributed by atoms with van der Waals surface area (Å²) in [7, 11) is -3.88. The van der Waals surface area contributed by atoms with E-state index in [0.29, 0.717) is 29.9 Å². The Balaban J connectivity index is 1.46. The maximum Gasteiger partial charge on any atom is 0.338 e. The topological polar surface area (TPSA) is 132 Å². The van der Waals surface area contributed by atoms with Gasteiger partial charge in [0.05, 0.1) is 17.7 Å². The molecule has 0 unspecified atom stereocenters. The van der Waals surface area contributed by atoms with E-state index >= 15 is 0 Å². The van der Waals surface area contributed by atoms with E-state index in [2.05, 4.69) is 14.9 Å². The smallest absolute Gasteiger partial charge is 0.338 e. The molecule has 10 nitrogen and oxygen atoms in total. The van der Waals surface area contributed by atoms with E-state index in [0.717, 1.165) is 30.6 Å². The van der Waals surface area contributed by atoms with Gasteiger partial charge < -0.3 is 14.1 Å². The lowest BCUT2D eigenvalue weighted by Crippen LogP contribution is -2.35. The van der Waals surface area contributed by atoms with Gasteiger partial charge in [-0.25, -0.2) is 13.2 Å². The molecule has 0 bridgehead atoms. The second-order valence-corrected chi connectivity index (χ2v) is 10.1. The summed E-state index contributed by atoms with van der Waals surface area (Å²) in [4.78, 5) is 25.9. The molecular weight excluding hydrogens is 468 g/mol. The van der Waals surface area contributed by atoms with Gasteiger partial charge in [0.25, 0.3) is 10.0 Å². The fourth-order valence-electron chi connectivity index (χ4n) is 3.32. The van der Waals surface area contributed by atoms with Crippen molar-refractivity contribution >= 4 is 38.9 Å². The standard InChI is InChI=1S/C21H22N4O6S2/c1-2-30-21(27)14-6-8-16(9-7-14)24-33(28,29)17-12-15(13-32-17)18-22-23-19(31-18)20(26)25-10-4-3-5-11-25/h6-9,12-13,24H,2-5,10-11H2,1H3. The molecule has 12 heteroatoms. The zero-order valence-corrected chi connectivity index (χ0v) is 19.4. The number of hydrogen-bond acceptors (Lipinski definition) is 9. The average molecular weight is 491 g/mol. The molecule has 4 rings (SSSR count). The Bertz CT molecular complexity index is 1240. The third kappa shape index (κ3) is 5.22. The summed E-state index contributed by atoms with van der Waals surface area (Å²) in [6.07, 6.45) is 2.97. The van der Waals surface area contributed by atoms with Gasteiger partial charge in [-0.1, -0.05) is 0 Å². The summed E-state index contributed by atoms with van der Waals surface area (Å²) in [6.45, 7) is 3.27. The number of thiophene rings is 1. The Morgan fingerprint density at radius 2 is 1.88 bits per heavy atom. The molecule has 1 aliphatic rings. The Labute approximate surface area is 194 Å². The Hall–Kier alpha value is -3.25. The number of rotatable bonds is 7. The molecule has 0 saturated carbocycles. The Kier molecular flexibility index (Phi) is 6.75. The van der Waals surface area contributed by atoms with Crippen LogP contribution in [0.3, 0.4) is 0 Å². The van der Waals surface area contributed by atoms with Crippen molar-refractivity contribution in [2.45, 2.75) is 30.4 Å². The van der Waals surface area contributed by atoms with Crippen molar-refractivity contribution in [3.63, 3.8) is 0 Å². The fourth-order valence-corrected chi connectivity index (χ4v) is 5.53. The first-order chi connectivity index (χ1) is 15.9. The van der Waals surface area contributed by atoms with E-state index in [1.165, 1.54) is 30.3 Å². The van der Waals surface area contributed by atoms with Crippen molar-refractivity contribution < 1.29 is 27.2 Å². The molecule has 1 aromatic carbocycles. The minimum Gasteiger partial charge on any atom is -0.462 e. The van der Waals surface area contributed by atoms with Crippen molar-refractivity contribution in [3.05, 3.63) is 47.2 Å². The van der Waals surface area contributed by atoms with Gasteiger partial charge in [-0.05, 0) is 56.5 Å². The minimum absolute atomic E-state index is 0.0362. The van der Waals surface area contributed by atoms with Crippen LogP contribution in [0.5, 0.6) is 0 Å². The highest BCUT2D eigenvalue weighted by molar-refractivity contribution is 7.94. The Morgan fingerprint density at radius 1 is 1.15 bits per heavy atom. The molecule has 33 heavy (non-hydrogen) atoms. The first-order valence-electron chi connectivity index (χ1n) is 10.4. The molecule has 2 aromatic heterocycles. The number of sulfonamides is 1. The van der Waals surface area contributed by atoms with Crippen LogP contribution in [0.4, 0.5) is 5.69 Å². The molecule has 1 aliphatic heterocycles. The van der Waals surface area contributed by atoms with Gasteiger partial charge in [-0.3, -0.25) is 9.52 Å². The number of likely N-dealkylation sites (tertiary alicyclic amines) is 1. The number of anilines is 1. The van der Waals surface area contributed by atoms with Crippen LogP contribution in [0.15, 0.2) is 44.3 Å². The van der Waals surface area contributed by atoms with Gasteiger partial charge in [0.15, 0.2) is 0 Å². The molecule has 174 valence electrons. The molecule has 1 N–H and O–H groups in total. The number of esters is 1. The predicted octanol–water partition coefficient (Wildman–Crippen LogP) is 3.40. The molecular formula is C21H22N4O6S2. The summed E-state index contributed by atoms with van der Waals surface area (Å²) < 4.78 is 38.5. The third-order valence-corrected chi connectivity index (χ3v) is 7.81. The van der Waals surface area contributed by atoms with E-state index in [1.54, 1.807) is 17.2 Å². The zero-order valence-electron chi connectivity index (χ0n) is 17.8. The number of benzene rings is 1. The third-order valence-electron chi connectivity index (χ3n) is 4.99. The molecule has 3 heterocycles. The fraction of sp³-hybridized carbons (Fsp3) is 0.333. The van der Waals surface area contributed by atoms with E-state index in [9.17, 15) is 18.0 Å². The number of aromatic nitrogens is 2. The molecule has 0 spiro atoms. The lowest BCUT2D eigenvalue weighted by molar-refractivity contribution is 0.0526. The molecule has 1 saturated heterocycles. The first-order valence-corrected chi connectivity index (χ1v) is 12.8. The van der Waals surface area contributed by atoms with Gasteiger partial charge >= 0.3 is 17.8 Å². The lowest BCUT2D eigenvalue weighted by Gasteiger charge is -2.24. The van der Waals surface area contributed by atoms with E-state index in [4.69, 9.17) is 9.15 Å². The Morgan fingerprint density at radius 3 is 2.58 bits per heavy atom. The number of piperidine rings is 1. The molecule has 1 amide bonds. The largest absolute Gasteiger partial charge is 0.462 e. The van der Waals surface area contributed by atoms with Crippen LogP contribution in [-0.4, -0.2) is 55.1 Å². The zero-order chi connectivity index (χ0) is 23.4. The monoisotopic (exact) mass is 490 g/mol. The highest BCUT2D eigenvalue weighted by atomic mass is 32.2. The van der Waals surface area contributed by atoms with Crippen LogP contribution in [0.1, 0.15) is 47.2 Å². The van der Waals surface area contributed by atoms with E-state index < -0.39 is 16.0 Å². The second-order valence-electron chi connectivity index (χ2n) is 7.32. The van der Waals surface area contributed by atoms with E-state index in [1.807, 2.05) is 0 Å². The summed E-state index contributed by atoms with van der Waals surface area (Å²) >= 11 is 0.983. The average Bonchev–Trinajstić information content (AvgIpc) is 3.50. The van der Waals surface area contributed by atoms with Crippen molar-refractivity contribution in [1.82, 2.24) is 15.1 Å². The van der Waals surface area contributed by atoms with Crippen LogP contribution in [0, 0.1) is 0 Å². The number of carbonyl (C=O) groups is 2. The van der Waals surface area contributed by atoms with Crippen LogP contribution >= 0.6 is 11.3 Å². The van der Waals surface area contributed by atoms with Crippen LogP contribution in [0.2, 0.25) is 0 Å². The van der Waals surface area contributed by atoms with Crippen LogP contribution in [0.25, 0.3) is 11.5 Å². The summed E-state index contributed by atoms with van der Waals surface area (Å²) in [5.74, 6) is -0.828. The molecule has 0 atom stereocenters. The quantitative estimate of drug-likeness (QED) is 0.499. The van der Waals surface area contributed by atoms with Gasteiger partial charge in [-0.2, -0.15) is 0 Å². The van der Waals surface area contributed by atoms with Crippen molar-refractivity contribution in [2.24, 2.45) is 0 Å². The first kappa shape index (κ1) is 22.9. The predicted molar refractivity (Wildman–Crippen MR) is 121 cm³/mol. The summed E-state index contributed by atoms with van der Waals surface area (Å²) in [5.41, 5.74) is 1.03. The van der Waals surface area contributed by atoms with Gasteiger partial charge in [-0.15, -0.1) is 21.5 Å². The van der Waals surface area contributed by atoms with Gasteiger partial charge in [0.2, 0.25) is 5.89 Å².